The maximum Gasteiger partial charge on any atom is 0.263 e. The number of carbonyl (C=O) groups excluding carboxylic acids is 1. The SMILES string of the molecule is CCC(=O)Nc1ccc(S(=O)(=O)Nc2ccc(Cl)cn2)cc1. The number of amides is 1. The number of halogens is 1. The summed E-state index contributed by atoms with van der Waals surface area (Å²) in [5, 5.41) is 3.06. The smallest absolute Gasteiger partial charge is 0.263 e. The van der Waals surface area contributed by atoms with Crippen LogP contribution in [-0.4, -0.2) is 19.3 Å². The number of hydrogen-bond acceptors (Lipinski definition) is 4. The quantitative estimate of drug-likeness (QED) is 0.876. The van der Waals surface area contributed by atoms with Crippen molar-refractivity contribution in [2.24, 2.45) is 0 Å². The van der Waals surface area contributed by atoms with E-state index in [0.29, 0.717) is 17.1 Å². The van der Waals surface area contributed by atoms with Crippen molar-refractivity contribution in [3.05, 3.63) is 47.6 Å². The van der Waals surface area contributed by atoms with Crippen molar-refractivity contribution in [3.8, 4) is 0 Å². The molecule has 0 aliphatic heterocycles. The van der Waals surface area contributed by atoms with Crippen LogP contribution < -0.4 is 10.0 Å². The standard InChI is InChI=1S/C14H14ClN3O3S/c1-2-14(19)17-11-4-6-12(7-5-11)22(20,21)18-13-8-3-10(15)9-16-13/h3-9H,2H2,1H3,(H,16,18)(H,17,19). The largest absolute Gasteiger partial charge is 0.326 e. The topological polar surface area (TPSA) is 88.2 Å². The monoisotopic (exact) mass is 339 g/mol. The van der Waals surface area contributed by atoms with Crippen LogP contribution in [0.1, 0.15) is 13.3 Å². The molecule has 1 aromatic heterocycles. The summed E-state index contributed by atoms with van der Waals surface area (Å²) < 4.78 is 26.8. The molecule has 22 heavy (non-hydrogen) atoms. The van der Waals surface area contributed by atoms with Crippen LogP contribution >= 0.6 is 11.6 Å². The first-order valence-electron chi connectivity index (χ1n) is 6.45. The van der Waals surface area contributed by atoms with Crippen LogP contribution in [0.3, 0.4) is 0 Å². The van der Waals surface area contributed by atoms with E-state index in [4.69, 9.17) is 11.6 Å². The van der Waals surface area contributed by atoms with Crippen LogP contribution in [0.15, 0.2) is 47.5 Å². The number of benzene rings is 1. The van der Waals surface area contributed by atoms with Crippen molar-refractivity contribution < 1.29 is 13.2 Å². The van der Waals surface area contributed by atoms with Crippen molar-refractivity contribution in [2.75, 3.05) is 10.0 Å². The summed E-state index contributed by atoms with van der Waals surface area (Å²) in [6, 6.07) is 8.87. The average Bonchev–Trinajstić information content (AvgIpc) is 2.50. The molecule has 0 unspecified atom stereocenters. The van der Waals surface area contributed by atoms with Crippen LogP contribution in [-0.2, 0) is 14.8 Å². The molecule has 0 fully saturated rings. The van der Waals surface area contributed by atoms with Gasteiger partial charge in [0.05, 0.1) is 9.92 Å². The zero-order chi connectivity index (χ0) is 16.2. The Balaban J connectivity index is 2.15. The maximum atomic E-state index is 12.2. The first-order chi connectivity index (χ1) is 10.4. The van der Waals surface area contributed by atoms with Crippen LogP contribution in [0.5, 0.6) is 0 Å². The van der Waals surface area contributed by atoms with Gasteiger partial charge in [0.1, 0.15) is 5.82 Å². The zero-order valence-corrected chi connectivity index (χ0v) is 13.3. The van der Waals surface area contributed by atoms with Crippen LogP contribution in [0.25, 0.3) is 0 Å². The molecule has 0 atom stereocenters. The molecule has 0 aliphatic rings. The molecule has 0 spiro atoms. The van der Waals surface area contributed by atoms with Gasteiger partial charge in [0.25, 0.3) is 10.0 Å². The highest BCUT2D eigenvalue weighted by Crippen LogP contribution is 2.18. The lowest BCUT2D eigenvalue weighted by Crippen LogP contribution is -2.14. The summed E-state index contributed by atoms with van der Waals surface area (Å²) in [6.07, 6.45) is 1.70. The first-order valence-corrected chi connectivity index (χ1v) is 8.31. The first kappa shape index (κ1) is 16.3. The fourth-order valence-corrected chi connectivity index (χ4v) is 2.72. The van der Waals surface area contributed by atoms with Gasteiger partial charge in [-0.15, -0.1) is 0 Å². The number of aromatic nitrogens is 1. The third-order valence-electron chi connectivity index (χ3n) is 2.74. The molecule has 6 nitrogen and oxygen atoms in total. The summed E-state index contributed by atoms with van der Waals surface area (Å²) in [4.78, 5) is 15.2. The van der Waals surface area contributed by atoms with Crippen molar-refractivity contribution >= 4 is 39.0 Å². The van der Waals surface area contributed by atoms with Gasteiger partial charge < -0.3 is 5.32 Å². The van der Waals surface area contributed by atoms with Gasteiger partial charge in [0.2, 0.25) is 5.91 Å². The molecule has 2 N–H and O–H groups in total. The van der Waals surface area contributed by atoms with E-state index in [1.807, 2.05) is 0 Å². The molecule has 1 amide bonds. The fourth-order valence-electron chi connectivity index (χ4n) is 1.60. The lowest BCUT2D eigenvalue weighted by atomic mass is 10.3. The van der Waals surface area contributed by atoms with Crippen molar-refractivity contribution in [2.45, 2.75) is 18.2 Å². The molecule has 8 heteroatoms. The lowest BCUT2D eigenvalue weighted by Gasteiger charge is -2.08. The van der Waals surface area contributed by atoms with Gasteiger partial charge in [0, 0.05) is 18.3 Å². The lowest BCUT2D eigenvalue weighted by molar-refractivity contribution is -0.115. The van der Waals surface area contributed by atoms with Gasteiger partial charge >= 0.3 is 0 Å². The van der Waals surface area contributed by atoms with Crippen molar-refractivity contribution in [1.29, 1.82) is 0 Å². The predicted octanol–water partition coefficient (Wildman–Crippen LogP) is 2.88. The maximum absolute atomic E-state index is 12.2. The Kier molecular flexibility index (Phi) is 4.99. The van der Waals surface area contributed by atoms with Crippen molar-refractivity contribution in [1.82, 2.24) is 4.98 Å². The molecular formula is C14H14ClN3O3S. The van der Waals surface area contributed by atoms with E-state index >= 15 is 0 Å². The number of carbonyl (C=O) groups is 1. The molecule has 2 rings (SSSR count). The highest BCUT2D eigenvalue weighted by Gasteiger charge is 2.14. The summed E-state index contributed by atoms with van der Waals surface area (Å²) >= 11 is 5.70. The molecular weight excluding hydrogens is 326 g/mol. The normalized spacial score (nSPS) is 11.0. The summed E-state index contributed by atoms with van der Waals surface area (Å²) in [5.74, 6) is 0.0341. The van der Waals surface area contributed by atoms with E-state index in [-0.39, 0.29) is 16.6 Å². The van der Waals surface area contributed by atoms with E-state index in [0.717, 1.165) is 0 Å². The van der Waals surface area contributed by atoms with E-state index < -0.39 is 10.0 Å². The number of pyridine rings is 1. The molecule has 0 radical (unpaired) electrons. The molecule has 0 saturated heterocycles. The minimum Gasteiger partial charge on any atom is -0.326 e. The number of rotatable bonds is 5. The van der Waals surface area contributed by atoms with Gasteiger partial charge in [-0.25, -0.2) is 13.4 Å². The van der Waals surface area contributed by atoms with Gasteiger partial charge in [-0.3, -0.25) is 9.52 Å². The summed E-state index contributed by atoms with van der Waals surface area (Å²) in [7, 11) is -3.75. The second-order valence-electron chi connectivity index (χ2n) is 4.39. The second-order valence-corrected chi connectivity index (χ2v) is 6.51. The van der Waals surface area contributed by atoms with E-state index in [1.54, 1.807) is 6.92 Å². The van der Waals surface area contributed by atoms with Gasteiger partial charge in [0.15, 0.2) is 0 Å². The Morgan fingerprint density at radius 2 is 1.86 bits per heavy atom. The molecule has 0 saturated carbocycles. The summed E-state index contributed by atoms with van der Waals surface area (Å²) in [6.45, 7) is 1.73. The average molecular weight is 340 g/mol. The Labute approximate surface area is 133 Å². The van der Waals surface area contributed by atoms with Gasteiger partial charge in [-0.2, -0.15) is 0 Å². The highest BCUT2D eigenvalue weighted by atomic mass is 35.5. The Hall–Kier alpha value is -2.12. The number of sulfonamides is 1. The molecule has 2 aromatic rings. The van der Waals surface area contributed by atoms with E-state index in [2.05, 4.69) is 15.0 Å². The number of nitrogens with zero attached hydrogens (tertiary/aromatic N) is 1. The molecule has 1 aromatic carbocycles. The van der Waals surface area contributed by atoms with E-state index in [9.17, 15) is 13.2 Å². The van der Waals surface area contributed by atoms with Crippen LogP contribution in [0.4, 0.5) is 11.5 Å². The third kappa shape index (κ3) is 4.19. The fraction of sp³-hybridized carbons (Fsp3) is 0.143. The molecule has 0 bridgehead atoms. The highest BCUT2D eigenvalue weighted by molar-refractivity contribution is 7.92. The Morgan fingerprint density at radius 1 is 1.18 bits per heavy atom. The summed E-state index contributed by atoms with van der Waals surface area (Å²) in [5.41, 5.74) is 0.537. The predicted molar refractivity (Wildman–Crippen MR) is 85.4 cm³/mol. The molecule has 1 heterocycles. The van der Waals surface area contributed by atoms with Gasteiger partial charge in [-0.1, -0.05) is 18.5 Å². The Bertz CT molecular complexity index is 759. The zero-order valence-electron chi connectivity index (χ0n) is 11.7. The van der Waals surface area contributed by atoms with Crippen LogP contribution in [0.2, 0.25) is 5.02 Å². The number of nitrogens with one attached hydrogen (secondary N) is 2. The van der Waals surface area contributed by atoms with Crippen LogP contribution in [0, 0.1) is 0 Å². The number of hydrogen-bond donors (Lipinski definition) is 2. The van der Waals surface area contributed by atoms with Crippen molar-refractivity contribution in [3.63, 3.8) is 0 Å². The molecule has 116 valence electrons. The second kappa shape index (κ2) is 6.76. The Morgan fingerprint density at radius 3 is 2.41 bits per heavy atom. The minimum absolute atomic E-state index is 0.0683. The van der Waals surface area contributed by atoms with Gasteiger partial charge in [-0.05, 0) is 36.4 Å². The molecule has 0 aliphatic carbocycles. The number of anilines is 2. The third-order valence-corrected chi connectivity index (χ3v) is 4.33. The van der Waals surface area contributed by atoms with E-state index in [1.165, 1.54) is 42.6 Å². The minimum atomic E-state index is -3.75.